The Balaban J connectivity index is 1.70. The van der Waals surface area contributed by atoms with Crippen LogP contribution in [-0.2, 0) is 11.3 Å². The highest BCUT2D eigenvalue weighted by molar-refractivity contribution is 7.17. The molecular weight excluding hydrogens is 405 g/mol. The van der Waals surface area contributed by atoms with E-state index in [-0.39, 0.29) is 23.6 Å². The number of carbonyl (C=O) groups is 1. The molecule has 140 valence electrons. The molecular formula is C19H17Cl2N3O2S. The molecule has 1 aliphatic heterocycles. The highest BCUT2D eigenvalue weighted by Crippen LogP contribution is 2.34. The lowest BCUT2D eigenvalue weighted by Crippen LogP contribution is -2.67. The zero-order valence-electron chi connectivity index (χ0n) is 14.5. The van der Waals surface area contributed by atoms with E-state index in [0.29, 0.717) is 28.5 Å². The van der Waals surface area contributed by atoms with E-state index in [4.69, 9.17) is 28.9 Å². The van der Waals surface area contributed by atoms with Gasteiger partial charge in [-0.2, -0.15) is 0 Å². The van der Waals surface area contributed by atoms with Gasteiger partial charge < -0.3 is 15.2 Å². The van der Waals surface area contributed by atoms with Crippen LogP contribution in [-0.4, -0.2) is 34.0 Å². The van der Waals surface area contributed by atoms with E-state index >= 15 is 0 Å². The van der Waals surface area contributed by atoms with E-state index in [0.717, 1.165) is 15.8 Å². The van der Waals surface area contributed by atoms with Crippen molar-refractivity contribution >= 4 is 50.5 Å². The number of benzene rings is 1. The predicted octanol–water partition coefficient (Wildman–Crippen LogP) is 3.60. The summed E-state index contributed by atoms with van der Waals surface area (Å²) in [6.07, 6.45) is 1.67. The second-order valence-electron chi connectivity index (χ2n) is 7.17. The van der Waals surface area contributed by atoms with Crippen molar-refractivity contribution in [3.8, 4) is 11.1 Å². The van der Waals surface area contributed by atoms with Crippen molar-refractivity contribution in [3.05, 3.63) is 56.2 Å². The number of nitrogens with zero attached hydrogens (tertiary/aromatic N) is 2. The van der Waals surface area contributed by atoms with Gasteiger partial charge in [0.25, 0.3) is 5.56 Å². The Labute approximate surface area is 169 Å². The average molecular weight is 422 g/mol. The van der Waals surface area contributed by atoms with Crippen LogP contribution in [0.1, 0.15) is 6.92 Å². The lowest BCUT2D eigenvalue weighted by molar-refractivity contribution is -0.138. The quantitative estimate of drug-likeness (QED) is 0.702. The molecule has 5 nitrogen and oxygen atoms in total. The smallest absolute Gasteiger partial charge is 0.260 e. The summed E-state index contributed by atoms with van der Waals surface area (Å²) >= 11 is 13.6. The highest BCUT2D eigenvalue weighted by atomic mass is 35.5. The largest absolute Gasteiger partial charge is 0.337 e. The molecule has 0 radical (unpaired) electrons. The van der Waals surface area contributed by atoms with E-state index < -0.39 is 0 Å². The predicted molar refractivity (Wildman–Crippen MR) is 111 cm³/mol. The van der Waals surface area contributed by atoms with Gasteiger partial charge in [0.1, 0.15) is 6.54 Å². The van der Waals surface area contributed by atoms with Crippen LogP contribution in [0, 0.1) is 0 Å². The van der Waals surface area contributed by atoms with Crippen LogP contribution in [0.4, 0.5) is 0 Å². The molecule has 3 heterocycles. The summed E-state index contributed by atoms with van der Waals surface area (Å²) in [5.74, 6) is -0.106. The maximum absolute atomic E-state index is 13.0. The molecule has 0 saturated carbocycles. The molecule has 2 N–H and O–H groups in total. The van der Waals surface area contributed by atoms with Crippen molar-refractivity contribution in [2.24, 2.45) is 5.73 Å². The first-order valence-electron chi connectivity index (χ1n) is 8.38. The fourth-order valence-corrected chi connectivity index (χ4v) is 4.58. The Morgan fingerprint density at radius 2 is 2.00 bits per heavy atom. The van der Waals surface area contributed by atoms with Crippen molar-refractivity contribution < 1.29 is 4.79 Å². The summed E-state index contributed by atoms with van der Waals surface area (Å²) in [6.45, 7) is 2.93. The fraction of sp³-hybridized carbons (Fsp3) is 0.263. The van der Waals surface area contributed by atoms with Crippen LogP contribution < -0.4 is 11.3 Å². The maximum atomic E-state index is 13.0. The number of thiophene rings is 1. The normalized spacial score (nSPS) is 15.8. The number of likely N-dealkylation sites (tertiary alicyclic amines) is 1. The van der Waals surface area contributed by atoms with E-state index in [1.54, 1.807) is 23.2 Å². The zero-order valence-corrected chi connectivity index (χ0v) is 16.9. The fourth-order valence-electron chi connectivity index (χ4n) is 3.33. The monoisotopic (exact) mass is 421 g/mol. The maximum Gasteiger partial charge on any atom is 0.260 e. The molecule has 8 heteroatoms. The van der Waals surface area contributed by atoms with E-state index in [2.05, 4.69) is 0 Å². The standard InChI is InChI=1S/C19H17Cl2N3O2S/c1-19(22)9-24(10-19)16(25)7-23-5-4-15-17(18(23)26)12(8-27-15)11-2-3-13(20)14(21)6-11/h2-6,8H,7,9-10,22H2,1H3. The van der Waals surface area contributed by atoms with Crippen LogP contribution in [0.15, 0.2) is 40.6 Å². The van der Waals surface area contributed by atoms with Crippen LogP contribution in [0.3, 0.4) is 0 Å². The number of fused-ring (bicyclic) bond motifs is 1. The molecule has 0 aliphatic carbocycles. The van der Waals surface area contributed by atoms with Gasteiger partial charge in [0, 0.05) is 40.5 Å². The summed E-state index contributed by atoms with van der Waals surface area (Å²) in [4.78, 5) is 27.1. The topological polar surface area (TPSA) is 68.3 Å². The Morgan fingerprint density at radius 3 is 2.67 bits per heavy atom. The third kappa shape index (κ3) is 3.38. The molecule has 1 amide bonds. The molecule has 4 rings (SSSR count). The van der Waals surface area contributed by atoms with Gasteiger partial charge in [-0.25, -0.2) is 0 Å². The number of amides is 1. The van der Waals surface area contributed by atoms with Crippen molar-refractivity contribution in [2.75, 3.05) is 13.1 Å². The molecule has 0 unspecified atom stereocenters. The van der Waals surface area contributed by atoms with Gasteiger partial charge in [0.05, 0.1) is 15.4 Å². The zero-order chi connectivity index (χ0) is 19.3. The van der Waals surface area contributed by atoms with Crippen molar-refractivity contribution in [1.29, 1.82) is 0 Å². The molecule has 0 bridgehead atoms. The van der Waals surface area contributed by atoms with E-state index in [9.17, 15) is 9.59 Å². The summed E-state index contributed by atoms with van der Waals surface area (Å²) < 4.78 is 2.31. The second kappa shape index (κ2) is 6.63. The van der Waals surface area contributed by atoms with Gasteiger partial charge in [-0.15, -0.1) is 11.3 Å². The van der Waals surface area contributed by atoms with Crippen LogP contribution in [0.25, 0.3) is 21.2 Å². The van der Waals surface area contributed by atoms with Crippen molar-refractivity contribution in [2.45, 2.75) is 19.0 Å². The number of nitrogens with two attached hydrogens (primary N) is 1. The molecule has 27 heavy (non-hydrogen) atoms. The molecule has 1 aromatic carbocycles. The van der Waals surface area contributed by atoms with Crippen LogP contribution in [0.5, 0.6) is 0 Å². The number of halogens is 2. The molecule has 3 aromatic rings. The number of pyridine rings is 1. The molecule has 1 aliphatic rings. The summed E-state index contributed by atoms with van der Waals surface area (Å²) in [5.41, 5.74) is 7.04. The number of hydrogen-bond donors (Lipinski definition) is 1. The lowest BCUT2D eigenvalue weighted by atomic mass is 9.94. The Hall–Kier alpha value is -1.86. The molecule has 2 aromatic heterocycles. The Kier molecular flexibility index (Phi) is 4.55. The van der Waals surface area contributed by atoms with Gasteiger partial charge in [-0.3, -0.25) is 9.59 Å². The molecule has 1 saturated heterocycles. The van der Waals surface area contributed by atoms with Gasteiger partial charge in [0.15, 0.2) is 0 Å². The number of rotatable bonds is 3. The number of aromatic nitrogens is 1. The number of hydrogen-bond acceptors (Lipinski definition) is 4. The van der Waals surface area contributed by atoms with Crippen LogP contribution in [0.2, 0.25) is 10.0 Å². The second-order valence-corrected chi connectivity index (χ2v) is 8.90. The SMILES string of the molecule is CC1(N)CN(C(=O)Cn2ccc3scc(-c4ccc(Cl)c(Cl)c4)c3c2=O)C1. The third-order valence-electron chi connectivity index (χ3n) is 4.69. The molecule has 1 fully saturated rings. The average Bonchev–Trinajstić information content (AvgIpc) is 3.02. The highest BCUT2D eigenvalue weighted by Gasteiger charge is 2.37. The first-order valence-corrected chi connectivity index (χ1v) is 10.0. The first-order chi connectivity index (χ1) is 12.7. The lowest BCUT2D eigenvalue weighted by Gasteiger charge is -2.45. The van der Waals surface area contributed by atoms with Crippen molar-refractivity contribution in [1.82, 2.24) is 9.47 Å². The Morgan fingerprint density at radius 1 is 1.26 bits per heavy atom. The van der Waals surface area contributed by atoms with Gasteiger partial charge in [-0.1, -0.05) is 29.3 Å². The third-order valence-corrected chi connectivity index (χ3v) is 6.38. The van der Waals surface area contributed by atoms with Crippen molar-refractivity contribution in [3.63, 3.8) is 0 Å². The van der Waals surface area contributed by atoms with Gasteiger partial charge in [0.2, 0.25) is 5.91 Å². The number of carbonyl (C=O) groups excluding carboxylic acids is 1. The minimum absolute atomic E-state index is 0.00150. The van der Waals surface area contributed by atoms with Crippen LogP contribution >= 0.6 is 34.5 Å². The summed E-state index contributed by atoms with van der Waals surface area (Å²) in [5, 5.41) is 3.40. The van der Waals surface area contributed by atoms with Gasteiger partial charge in [-0.05, 0) is 30.7 Å². The minimum atomic E-state index is -0.334. The van der Waals surface area contributed by atoms with Gasteiger partial charge >= 0.3 is 0 Å². The summed E-state index contributed by atoms with van der Waals surface area (Å²) in [7, 11) is 0. The minimum Gasteiger partial charge on any atom is -0.337 e. The Bertz CT molecular complexity index is 1110. The summed E-state index contributed by atoms with van der Waals surface area (Å²) in [6, 6.07) is 7.15. The van der Waals surface area contributed by atoms with E-state index in [1.807, 2.05) is 24.4 Å². The van der Waals surface area contributed by atoms with E-state index in [1.165, 1.54) is 15.9 Å². The first kappa shape index (κ1) is 18.5. The molecule has 0 atom stereocenters. The molecule has 0 spiro atoms.